The lowest BCUT2D eigenvalue weighted by atomic mass is 9.90. The number of carbonyl (C=O) groups excluding carboxylic acids is 11. The molecule has 1 saturated carbocycles. The fourth-order valence-electron chi connectivity index (χ4n) is 14.4. The number of thioether (sulfide) groups is 3. The van der Waals surface area contributed by atoms with Crippen LogP contribution in [0.4, 0.5) is 10.5 Å². The molecule has 29 heteroatoms. The second kappa shape index (κ2) is 43.3. The molecule has 0 radical (unpaired) electrons. The molecule has 10 amide bonds. The van der Waals surface area contributed by atoms with Crippen molar-refractivity contribution in [3.8, 4) is 0 Å². The summed E-state index contributed by atoms with van der Waals surface area (Å²) in [6.45, 7) is 13.0. The topological polar surface area (TPSA) is 305 Å². The molecular weight excluding hydrogens is 1420 g/mol. The zero-order valence-electron chi connectivity index (χ0n) is 63.1. The number of nitrogens with zero attached hydrogens (tertiary/aromatic N) is 6. The van der Waals surface area contributed by atoms with Gasteiger partial charge in [-0.3, -0.25) is 52.8 Å². The fourth-order valence-corrected chi connectivity index (χ4v) is 18.6. The van der Waals surface area contributed by atoms with Crippen LogP contribution in [0.1, 0.15) is 154 Å². The Hall–Kier alpha value is -6.79. The Morgan fingerprint density at radius 1 is 0.724 bits per heavy atom. The third kappa shape index (κ3) is 26.0. The minimum absolute atomic E-state index is 0.0205. The minimum Gasteiger partial charge on any atom is -0.445 e. The molecule has 1 aliphatic carbocycles. The number of likely N-dealkylation sites (tertiary alicyclic amines) is 1. The molecule has 4 unspecified atom stereocenters. The maximum atomic E-state index is 14.5. The minimum atomic E-state index is -1.04. The van der Waals surface area contributed by atoms with Crippen molar-refractivity contribution >= 4 is 117 Å². The van der Waals surface area contributed by atoms with Gasteiger partial charge in [0.2, 0.25) is 53.2 Å². The van der Waals surface area contributed by atoms with Gasteiger partial charge in [0.05, 0.1) is 74.1 Å². The first-order valence-electron chi connectivity index (χ1n) is 37.2. The van der Waals surface area contributed by atoms with E-state index in [-0.39, 0.29) is 92.2 Å². The van der Waals surface area contributed by atoms with E-state index in [2.05, 4.69) is 31.6 Å². The van der Waals surface area contributed by atoms with E-state index in [1.54, 1.807) is 87.0 Å². The van der Waals surface area contributed by atoms with Gasteiger partial charge < -0.3 is 60.4 Å². The Kier molecular flexibility index (Phi) is 35.2. The Morgan fingerprint density at radius 3 is 1.98 bits per heavy atom. The molecule has 3 aliphatic heterocycles. The van der Waals surface area contributed by atoms with Crippen LogP contribution in [0.5, 0.6) is 0 Å². The summed E-state index contributed by atoms with van der Waals surface area (Å²) in [5.41, 5.74) is 2.01. The van der Waals surface area contributed by atoms with Crippen LogP contribution in [-0.4, -0.2) is 232 Å². The summed E-state index contributed by atoms with van der Waals surface area (Å²) < 4.78 is 17.7. The summed E-state index contributed by atoms with van der Waals surface area (Å²) in [6.07, 6.45) is 9.96. The molecule has 5 N–H and O–H groups in total. The van der Waals surface area contributed by atoms with Crippen molar-refractivity contribution in [2.24, 2.45) is 29.6 Å². The van der Waals surface area contributed by atoms with Gasteiger partial charge in [-0.1, -0.05) is 117 Å². The predicted octanol–water partition coefficient (Wildman–Crippen LogP) is 8.36. The normalized spacial score (nSPS) is 20.5. The van der Waals surface area contributed by atoms with Crippen LogP contribution >= 0.6 is 46.6 Å². The second-order valence-electron chi connectivity index (χ2n) is 28.8. The number of nitrogens with one attached hydrogen (secondary N) is 5. The molecule has 25 nitrogen and oxygen atoms in total. The standard InChI is InChI=1S/C76H113N11O14S4/c1-12-50(6)70(61(99-10)40-66(93)87-33-19-24-59(87)71(100-11)51(7)72(95)81-58(75-77-32-37-105-75)38-52-20-15-13-16-21-52)83(8)67(94)42-79-74(97)69(49(4)5)84(9)76(98)101-45-53-25-27-55(28-26-53)80-62(89)41-78-73(96)68(48(2)3)82-63(90)46-102-34-29-60(88)54-43-85-47-86(44-54)65(92)31-36-104-57-23-18-14-17-22-56(39-57)103-35-30-64(85)91/h13,15-16,20-21,25-28,32,37,48-51,54,56-59,61,68-71H,12,14,17-19,22-24,29-31,33-36,38-47H2,1-11H3,(H,78,96)(H,79,97)(H,80,89)(H,81,95)(H,82,90)/t50-,51+,54?,56?,57?,58-,59-,61+,68?,69?,70-,71+/m0/s1. The maximum Gasteiger partial charge on any atom is 0.410 e. The number of ether oxygens (including phenoxy) is 3. The number of aromatic nitrogens is 1. The molecule has 7 rings (SSSR count). The zero-order chi connectivity index (χ0) is 76.3. The van der Waals surface area contributed by atoms with Gasteiger partial charge in [0.15, 0.2) is 0 Å². The number of amides is 10. The average molecular weight is 1530 g/mol. The van der Waals surface area contributed by atoms with Gasteiger partial charge in [-0.15, -0.1) is 11.3 Å². The van der Waals surface area contributed by atoms with Gasteiger partial charge in [0.25, 0.3) is 0 Å². The third-order valence-electron chi connectivity index (χ3n) is 20.5. The number of likely N-dealkylation sites (N-methyl/N-ethyl adjacent to an activating group) is 2. The number of rotatable bonds is 34. The highest BCUT2D eigenvalue weighted by Gasteiger charge is 2.43. The zero-order valence-corrected chi connectivity index (χ0v) is 66.4. The molecule has 1 aromatic heterocycles. The molecule has 105 heavy (non-hydrogen) atoms. The van der Waals surface area contributed by atoms with E-state index in [0.29, 0.717) is 84.1 Å². The molecule has 4 heterocycles. The van der Waals surface area contributed by atoms with E-state index in [9.17, 15) is 52.7 Å². The molecule has 0 spiro atoms. The molecule has 2 aromatic carbocycles. The molecule has 580 valence electrons. The Bertz CT molecular complexity index is 3300. The lowest BCUT2D eigenvalue weighted by Gasteiger charge is -2.40. The van der Waals surface area contributed by atoms with E-state index in [1.807, 2.05) is 80.0 Å². The summed E-state index contributed by atoms with van der Waals surface area (Å²) in [4.78, 5) is 163. The third-order valence-corrected chi connectivity index (χ3v) is 25.0. The van der Waals surface area contributed by atoms with Crippen LogP contribution in [0.2, 0.25) is 0 Å². The predicted molar refractivity (Wildman–Crippen MR) is 412 cm³/mol. The summed E-state index contributed by atoms with van der Waals surface area (Å²) >= 11 is 6.50. The first kappa shape index (κ1) is 85.5. The average Bonchev–Trinajstić information content (AvgIpc) is 1.76. The largest absolute Gasteiger partial charge is 0.445 e. The molecule has 4 bridgehead atoms. The van der Waals surface area contributed by atoms with Crippen LogP contribution in [0, 0.1) is 29.6 Å². The summed E-state index contributed by atoms with van der Waals surface area (Å²) in [5, 5.41) is 17.7. The first-order valence-corrected chi connectivity index (χ1v) is 41.3. The lowest BCUT2D eigenvalue weighted by Crippen LogP contribution is -2.55. The van der Waals surface area contributed by atoms with Gasteiger partial charge in [-0.2, -0.15) is 35.3 Å². The van der Waals surface area contributed by atoms with Gasteiger partial charge in [-0.05, 0) is 79.5 Å². The summed E-state index contributed by atoms with van der Waals surface area (Å²) in [5.74, 6) is -3.39. The van der Waals surface area contributed by atoms with E-state index in [0.717, 1.165) is 29.8 Å². The van der Waals surface area contributed by atoms with Gasteiger partial charge in [0, 0.05) is 112 Å². The fraction of sp³-hybridized carbons (Fsp3) is 0.658. The van der Waals surface area contributed by atoms with E-state index in [1.165, 1.54) is 66.3 Å². The molecule has 3 saturated heterocycles. The van der Waals surface area contributed by atoms with Gasteiger partial charge in [0.1, 0.15) is 29.5 Å². The summed E-state index contributed by atoms with van der Waals surface area (Å²) in [7, 11) is 6.13. The lowest BCUT2D eigenvalue weighted by molar-refractivity contribution is -0.147. The second-order valence-corrected chi connectivity index (χ2v) is 33.6. The number of thiazole rings is 1. The summed E-state index contributed by atoms with van der Waals surface area (Å²) in [6, 6.07) is 13.0. The van der Waals surface area contributed by atoms with E-state index in [4.69, 9.17) is 14.2 Å². The molecule has 3 aromatic rings. The number of hydrogen-bond acceptors (Lipinski definition) is 19. The number of ketones is 1. The highest BCUT2D eigenvalue weighted by Crippen LogP contribution is 2.35. The van der Waals surface area contributed by atoms with E-state index >= 15 is 0 Å². The Morgan fingerprint density at radius 2 is 1.38 bits per heavy atom. The number of anilines is 1. The maximum absolute atomic E-state index is 14.5. The van der Waals surface area contributed by atoms with Crippen molar-refractivity contribution in [1.82, 2.24) is 50.8 Å². The number of benzene rings is 2. The SMILES string of the molecule is CC[C@H](C)[C@@H]([C@@H](CC(=O)N1CCC[C@H]1[C@H](OC)[C@@H](C)C(=O)N[C@@H](Cc1ccccc1)c1nccs1)OC)N(C)C(=O)CNC(=O)C(C(C)C)N(C)C(=O)OCc1ccc(NC(=O)CNC(=O)C(NC(=O)CSCCC(=O)C2CN3CN(C2)C(=O)CCSC2CCCCCC(C2)SCCC3=O)C(C)C)cc1. The van der Waals surface area contributed by atoms with Crippen LogP contribution in [0.15, 0.2) is 66.2 Å². The molecular formula is C76H113N11O14S4. The number of hydrogen-bond donors (Lipinski definition) is 5. The first-order chi connectivity index (χ1) is 50.3. The van der Waals surface area contributed by atoms with E-state index < -0.39 is 103 Å². The number of methoxy groups -OCH3 is 2. The van der Waals surface area contributed by atoms with Crippen molar-refractivity contribution in [2.75, 3.05) is 96.0 Å². The van der Waals surface area contributed by atoms with Crippen molar-refractivity contribution < 1.29 is 67.0 Å². The van der Waals surface area contributed by atoms with Crippen LogP contribution in [0.3, 0.4) is 0 Å². The van der Waals surface area contributed by atoms with Gasteiger partial charge in [-0.25, -0.2) is 9.78 Å². The van der Waals surface area contributed by atoms with Crippen molar-refractivity contribution in [3.05, 3.63) is 82.3 Å². The highest BCUT2D eigenvalue weighted by molar-refractivity contribution is 8.00. The van der Waals surface area contributed by atoms with Crippen LogP contribution < -0.4 is 26.6 Å². The van der Waals surface area contributed by atoms with Crippen LogP contribution in [-0.2, 0) is 75.2 Å². The smallest absolute Gasteiger partial charge is 0.410 e. The van der Waals surface area contributed by atoms with Crippen LogP contribution in [0.25, 0.3) is 0 Å². The molecule has 4 fully saturated rings. The highest BCUT2D eigenvalue weighted by atomic mass is 32.2. The number of carbonyl (C=O) groups is 11. The van der Waals surface area contributed by atoms with Crippen molar-refractivity contribution in [2.45, 2.75) is 198 Å². The van der Waals surface area contributed by atoms with Gasteiger partial charge >= 0.3 is 6.09 Å². The van der Waals surface area contributed by atoms with Crippen molar-refractivity contribution in [1.29, 1.82) is 0 Å². The quantitative estimate of drug-likeness (QED) is 0.0351. The number of fused-ring (bicyclic) bond motifs is 4. The van der Waals surface area contributed by atoms with Crippen molar-refractivity contribution in [3.63, 3.8) is 0 Å². The Labute approximate surface area is 637 Å². The Balaban J connectivity index is 0.816. The molecule has 4 aliphatic rings. The molecule has 11 atom stereocenters. The number of Topliss-reactive ketones (excluding diaryl/α,β-unsaturated/α-hetero) is 1. The monoisotopic (exact) mass is 1530 g/mol.